The minimum absolute atomic E-state index is 0.297. The fourth-order valence-corrected chi connectivity index (χ4v) is 3.05. The Morgan fingerprint density at radius 1 is 1.12 bits per heavy atom. The largest absolute Gasteiger partial charge is 0.490 e. The number of nitrogens with one attached hydrogen (secondary N) is 1. The molecule has 0 aliphatic heterocycles. The second kappa shape index (κ2) is 7.49. The van der Waals surface area contributed by atoms with Crippen molar-refractivity contribution in [2.45, 2.75) is 19.9 Å². The number of aryl methyl sites for hydroxylation is 1. The predicted octanol–water partition coefficient (Wildman–Crippen LogP) is 4.05. The first-order valence-electron chi connectivity index (χ1n) is 8.34. The Labute approximate surface area is 142 Å². The van der Waals surface area contributed by atoms with Gasteiger partial charge >= 0.3 is 0 Å². The van der Waals surface area contributed by atoms with E-state index in [1.165, 1.54) is 11.6 Å². The van der Waals surface area contributed by atoms with E-state index < -0.39 is 0 Å². The smallest absolute Gasteiger partial charge is 0.165 e. The van der Waals surface area contributed by atoms with Crippen molar-refractivity contribution < 1.29 is 9.13 Å². The first-order valence-corrected chi connectivity index (χ1v) is 8.34. The molecule has 3 aromatic rings. The van der Waals surface area contributed by atoms with Crippen LogP contribution in [0.25, 0.3) is 10.9 Å². The number of hydrogen-bond donors (Lipinski definition) is 1. The highest BCUT2D eigenvalue weighted by atomic mass is 19.1. The van der Waals surface area contributed by atoms with Gasteiger partial charge in [0.2, 0.25) is 0 Å². The van der Waals surface area contributed by atoms with Gasteiger partial charge in [-0.05, 0) is 43.1 Å². The van der Waals surface area contributed by atoms with Crippen LogP contribution in [0.2, 0.25) is 0 Å². The molecule has 4 heteroatoms. The van der Waals surface area contributed by atoms with Crippen LogP contribution in [0.5, 0.6) is 5.75 Å². The summed E-state index contributed by atoms with van der Waals surface area (Å²) in [7, 11) is 1.98. The van der Waals surface area contributed by atoms with Crippen molar-refractivity contribution in [3.05, 3.63) is 65.6 Å². The topological polar surface area (TPSA) is 26.2 Å². The molecule has 126 valence electrons. The third-order valence-corrected chi connectivity index (χ3v) is 4.17. The molecule has 0 amide bonds. The molecule has 0 saturated heterocycles. The summed E-state index contributed by atoms with van der Waals surface area (Å²) in [4.78, 5) is 0. The molecule has 3 nitrogen and oxygen atoms in total. The number of fused-ring (bicyclic) bond motifs is 1. The van der Waals surface area contributed by atoms with Crippen LogP contribution >= 0.6 is 0 Å². The molecule has 3 rings (SSSR count). The van der Waals surface area contributed by atoms with Crippen molar-refractivity contribution >= 4 is 10.9 Å². The molecule has 0 unspecified atom stereocenters. The number of aromatic nitrogens is 1. The maximum absolute atomic E-state index is 14.2. The van der Waals surface area contributed by atoms with Gasteiger partial charge in [0.1, 0.15) is 0 Å². The lowest BCUT2D eigenvalue weighted by Crippen LogP contribution is -2.16. The lowest BCUT2D eigenvalue weighted by atomic mass is 10.1. The Morgan fingerprint density at radius 3 is 2.67 bits per heavy atom. The Morgan fingerprint density at radius 2 is 1.92 bits per heavy atom. The second-order valence-electron chi connectivity index (χ2n) is 5.88. The Bertz CT molecular complexity index is 811. The van der Waals surface area contributed by atoms with Crippen LogP contribution in [-0.2, 0) is 20.0 Å². The molecule has 0 aliphatic rings. The zero-order valence-electron chi connectivity index (χ0n) is 14.2. The summed E-state index contributed by atoms with van der Waals surface area (Å²) in [6, 6.07) is 13.6. The first-order chi connectivity index (χ1) is 11.7. The molecule has 0 aliphatic carbocycles. The molecule has 0 radical (unpaired) electrons. The molecule has 0 fully saturated rings. The number of hydrogen-bond acceptors (Lipinski definition) is 2. The van der Waals surface area contributed by atoms with E-state index in [1.807, 2.05) is 42.8 Å². The first kappa shape index (κ1) is 16.5. The summed E-state index contributed by atoms with van der Waals surface area (Å²) >= 11 is 0. The van der Waals surface area contributed by atoms with E-state index in [4.69, 9.17) is 4.74 Å². The van der Waals surface area contributed by atoms with Gasteiger partial charge in [0.05, 0.1) is 12.1 Å². The molecule has 2 aromatic carbocycles. The fourth-order valence-electron chi connectivity index (χ4n) is 3.05. The molecule has 1 heterocycles. The lowest BCUT2D eigenvalue weighted by molar-refractivity contribution is 0.326. The molecular formula is C20H23FN2O. The minimum atomic E-state index is -0.297. The lowest BCUT2D eigenvalue weighted by Gasteiger charge is -2.09. The fraction of sp³-hybridized carbons (Fsp3) is 0.300. The van der Waals surface area contributed by atoms with Gasteiger partial charge in [-0.3, -0.25) is 0 Å². The van der Waals surface area contributed by atoms with Gasteiger partial charge in [-0.1, -0.05) is 30.3 Å². The quantitative estimate of drug-likeness (QED) is 0.663. The summed E-state index contributed by atoms with van der Waals surface area (Å²) < 4.78 is 21.8. The highest BCUT2D eigenvalue weighted by molar-refractivity contribution is 5.90. The van der Waals surface area contributed by atoms with E-state index in [9.17, 15) is 4.39 Å². The van der Waals surface area contributed by atoms with Gasteiger partial charge in [-0.2, -0.15) is 0 Å². The molecule has 0 atom stereocenters. The number of halogens is 1. The summed E-state index contributed by atoms with van der Waals surface area (Å²) in [6.07, 6.45) is 2.89. The van der Waals surface area contributed by atoms with Crippen LogP contribution in [0.3, 0.4) is 0 Å². The van der Waals surface area contributed by atoms with Crippen LogP contribution in [0, 0.1) is 5.82 Å². The monoisotopic (exact) mass is 326 g/mol. The average Bonchev–Trinajstić information content (AvgIpc) is 2.91. The summed E-state index contributed by atoms with van der Waals surface area (Å²) in [5.41, 5.74) is 3.37. The van der Waals surface area contributed by atoms with E-state index >= 15 is 0 Å². The van der Waals surface area contributed by atoms with E-state index in [2.05, 4.69) is 23.6 Å². The standard InChI is InChI=1S/C20H23FN2O/c1-3-24-20-17(21)9-10-18-19(20)16(14-23(18)2)11-12-22-13-15-7-5-4-6-8-15/h4-10,14,22H,3,11-13H2,1-2H3. The molecule has 0 spiro atoms. The van der Waals surface area contributed by atoms with Gasteiger partial charge in [-0.15, -0.1) is 0 Å². The van der Waals surface area contributed by atoms with E-state index in [0.29, 0.717) is 12.4 Å². The third kappa shape index (κ3) is 3.44. The third-order valence-electron chi connectivity index (χ3n) is 4.17. The zero-order chi connectivity index (χ0) is 16.9. The molecule has 0 bridgehead atoms. The normalized spacial score (nSPS) is 11.1. The van der Waals surface area contributed by atoms with Crippen LogP contribution in [0.15, 0.2) is 48.7 Å². The number of nitrogens with zero attached hydrogens (tertiary/aromatic N) is 1. The number of rotatable bonds is 7. The van der Waals surface area contributed by atoms with Crippen LogP contribution in [0.4, 0.5) is 4.39 Å². The van der Waals surface area contributed by atoms with Gasteiger partial charge in [0, 0.05) is 25.2 Å². The molecule has 1 N–H and O–H groups in total. The SMILES string of the molecule is CCOc1c(F)ccc2c1c(CCNCc1ccccc1)cn2C. The van der Waals surface area contributed by atoms with E-state index in [1.54, 1.807) is 0 Å². The summed E-state index contributed by atoms with van der Waals surface area (Å²) in [5.74, 6) is 0.0719. The highest BCUT2D eigenvalue weighted by Crippen LogP contribution is 2.33. The van der Waals surface area contributed by atoms with Crippen LogP contribution < -0.4 is 10.1 Å². The second-order valence-corrected chi connectivity index (χ2v) is 5.88. The summed E-state index contributed by atoms with van der Waals surface area (Å²) in [6.45, 7) is 3.99. The molecule has 24 heavy (non-hydrogen) atoms. The number of ether oxygens (including phenoxy) is 1. The molecule has 1 aromatic heterocycles. The van der Waals surface area contributed by atoms with Gasteiger partial charge < -0.3 is 14.6 Å². The van der Waals surface area contributed by atoms with Crippen molar-refractivity contribution in [1.29, 1.82) is 0 Å². The van der Waals surface area contributed by atoms with Crippen molar-refractivity contribution in [2.24, 2.45) is 7.05 Å². The van der Waals surface area contributed by atoms with Gasteiger partial charge in [-0.25, -0.2) is 4.39 Å². The Kier molecular flexibility index (Phi) is 5.16. The Balaban J connectivity index is 1.75. The number of benzene rings is 2. The minimum Gasteiger partial charge on any atom is -0.490 e. The van der Waals surface area contributed by atoms with Crippen molar-refractivity contribution in [1.82, 2.24) is 9.88 Å². The highest BCUT2D eigenvalue weighted by Gasteiger charge is 2.15. The van der Waals surface area contributed by atoms with Crippen molar-refractivity contribution in [3.63, 3.8) is 0 Å². The zero-order valence-corrected chi connectivity index (χ0v) is 14.2. The van der Waals surface area contributed by atoms with Crippen molar-refractivity contribution in [2.75, 3.05) is 13.2 Å². The maximum Gasteiger partial charge on any atom is 0.165 e. The average molecular weight is 326 g/mol. The Hall–Kier alpha value is -2.33. The van der Waals surface area contributed by atoms with Gasteiger partial charge in [0.15, 0.2) is 11.6 Å². The van der Waals surface area contributed by atoms with E-state index in [-0.39, 0.29) is 5.82 Å². The van der Waals surface area contributed by atoms with Crippen molar-refractivity contribution in [3.8, 4) is 5.75 Å². The van der Waals surface area contributed by atoms with E-state index in [0.717, 1.165) is 36.0 Å². The predicted molar refractivity (Wildman–Crippen MR) is 95.9 cm³/mol. The maximum atomic E-state index is 14.2. The van der Waals surface area contributed by atoms with Crippen LogP contribution in [0.1, 0.15) is 18.1 Å². The van der Waals surface area contributed by atoms with Gasteiger partial charge in [0.25, 0.3) is 0 Å². The summed E-state index contributed by atoms with van der Waals surface area (Å²) in [5, 5.41) is 4.34. The molecular weight excluding hydrogens is 303 g/mol. The van der Waals surface area contributed by atoms with Crippen LogP contribution in [-0.4, -0.2) is 17.7 Å². The molecule has 0 saturated carbocycles.